The lowest BCUT2D eigenvalue weighted by Crippen LogP contribution is -2.59. The van der Waals surface area contributed by atoms with Gasteiger partial charge in [0.25, 0.3) is 0 Å². The number of rotatable bonds is 30. The highest BCUT2D eigenvalue weighted by Crippen LogP contribution is 2.24. The number of aliphatic hydroxyl groups excluding tert-OH is 12. The number of esters is 1. The fraction of sp³-hybridized carbons (Fsp3) is 0.767. The highest BCUT2D eigenvalue weighted by Gasteiger charge is 2.46. The molecule has 3 aliphatic rings. The second-order valence-electron chi connectivity index (χ2n) is 17.0. The molecule has 15 N–H and O–H groups in total. The van der Waals surface area contributed by atoms with Gasteiger partial charge in [-0.25, -0.2) is 0 Å². The van der Waals surface area contributed by atoms with Crippen LogP contribution in [0.25, 0.3) is 0 Å². The summed E-state index contributed by atoms with van der Waals surface area (Å²) in [5, 5.41) is 127. The number of ether oxygens (including phenoxy) is 7. The molecule has 3 heterocycles. The van der Waals surface area contributed by atoms with Gasteiger partial charge >= 0.3 is 5.97 Å². The van der Waals surface area contributed by atoms with E-state index in [1.807, 2.05) is 6.07 Å². The van der Waals surface area contributed by atoms with E-state index in [1.165, 1.54) is 4.90 Å². The maximum Gasteiger partial charge on any atom is 0.306 e. The van der Waals surface area contributed by atoms with Crippen molar-refractivity contribution in [3.63, 3.8) is 0 Å². The first kappa shape index (κ1) is 59.9. The van der Waals surface area contributed by atoms with Crippen molar-refractivity contribution >= 4 is 23.7 Å². The zero-order chi connectivity index (χ0) is 52.0. The Morgan fingerprint density at radius 2 is 0.859 bits per heavy atom. The zero-order valence-electron chi connectivity index (χ0n) is 39.0. The minimum atomic E-state index is -1.68. The van der Waals surface area contributed by atoms with Gasteiger partial charge in [-0.3, -0.25) is 29.0 Å². The Kier molecular flexibility index (Phi) is 26.2. The molecule has 3 aliphatic heterocycles. The molecular formula is C43H71N5O23. The molecule has 1 aromatic carbocycles. The molecule has 4 rings (SSSR count). The SMILES string of the molecule is O=C(CN(CCCC(=O)OCc1ccccc1)CCN(CC(=O)NCCO[C@H]1O[C@H](CO)[C@@H](O)[C@H](O)[C@@H]1O)CC(=O)NCCO[C@H]1O[C@H](CO)[C@@H](O)[C@H](O)[C@@H]1O)NCCO[C@H]1O[C@H](CO)[C@@H](O)[C@H](O)[C@@H]1O. The van der Waals surface area contributed by atoms with Gasteiger partial charge in [-0.1, -0.05) is 30.3 Å². The van der Waals surface area contributed by atoms with Crippen LogP contribution >= 0.6 is 0 Å². The molecule has 0 aliphatic carbocycles. The Balaban J connectivity index is 1.36. The summed E-state index contributed by atoms with van der Waals surface area (Å²) in [6.07, 6.45) is -22.6. The van der Waals surface area contributed by atoms with Crippen molar-refractivity contribution in [1.29, 1.82) is 0 Å². The number of amides is 3. The van der Waals surface area contributed by atoms with Gasteiger partial charge < -0.3 is 110 Å². The summed E-state index contributed by atoms with van der Waals surface area (Å²) in [6, 6.07) is 9.02. The lowest BCUT2D eigenvalue weighted by molar-refractivity contribution is -0.300. The average Bonchev–Trinajstić information content (AvgIpc) is 3.36. The molecule has 0 radical (unpaired) electrons. The predicted molar refractivity (Wildman–Crippen MR) is 237 cm³/mol. The zero-order valence-corrected chi connectivity index (χ0v) is 39.0. The molecule has 0 spiro atoms. The van der Waals surface area contributed by atoms with Crippen molar-refractivity contribution < 1.29 is 114 Å². The van der Waals surface area contributed by atoms with E-state index in [9.17, 15) is 80.5 Å². The smallest absolute Gasteiger partial charge is 0.306 e. The Morgan fingerprint density at radius 1 is 0.493 bits per heavy atom. The Labute approximate surface area is 408 Å². The van der Waals surface area contributed by atoms with Crippen molar-refractivity contribution in [1.82, 2.24) is 25.8 Å². The average molecular weight is 1030 g/mol. The van der Waals surface area contributed by atoms with E-state index in [0.29, 0.717) is 0 Å². The summed E-state index contributed by atoms with van der Waals surface area (Å²) in [5.41, 5.74) is 0.783. The van der Waals surface area contributed by atoms with Crippen LogP contribution in [0, 0.1) is 0 Å². The van der Waals surface area contributed by atoms with Crippen molar-refractivity contribution in [3.8, 4) is 0 Å². The van der Waals surface area contributed by atoms with Crippen molar-refractivity contribution in [3.05, 3.63) is 35.9 Å². The molecule has 28 heteroatoms. The Morgan fingerprint density at radius 3 is 1.24 bits per heavy atom. The van der Waals surface area contributed by atoms with E-state index >= 15 is 0 Å². The van der Waals surface area contributed by atoms with Crippen LogP contribution in [-0.2, 0) is 58.9 Å². The number of hydrogen-bond donors (Lipinski definition) is 15. The largest absolute Gasteiger partial charge is 0.461 e. The third-order valence-electron chi connectivity index (χ3n) is 11.6. The molecular weight excluding hydrogens is 954 g/mol. The van der Waals surface area contributed by atoms with Crippen LogP contribution in [0.1, 0.15) is 18.4 Å². The summed E-state index contributed by atoms with van der Waals surface area (Å²) in [4.78, 5) is 55.5. The van der Waals surface area contributed by atoms with E-state index < -0.39 is 149 Å². The van der Waals surface area contributed by atoms with E-state index in [1.54, 1.807) is 29.2 Å². The molecule has 0 unspecified atom stereocenters. The molecule has 0 bridgehead atoms. The number of benzene rings is 1. The van der Waals surface area contributed by atoms with Gasteiger partial charge in [-0.2, -0.15) is 0 Å². The number of carbonyl (C=O) groups excluding carboxylic acids is 4. The number of nitrogens with one attached hydrogen (secondary N) is 3. The first-order valence-corrected chi connectivity index (χ1v) is 23.2. The van der Waals surface area contributed by atoms with Crippen molar-refractivity contribution in [2.24, 2.45) is 0 Å². The third-order valence-corrected chi connectivity index (χ3v) is 11.6. The van der Waals surface area contributed by atoms with Gasteiger partial charge in [0.05, 0.1) is 59.3 Å². The molecule has 3 amide bonds. The molecule has 15 atom stereocenters. The van der Waals surface area contributed by atoms with E-state index in [2.05, 4.69) is 16.0 Å². The number of carbonyl (C=O) groups is 4. The highest BCUT2D eigenvalue weighted by molar-refractivity contribution is 5.81. The van der Waals surface area contributed by atoms with E-state index in [4.69, 9.17) is 33.2 Å². The standard InChI is InChI=1S/C43H71N5O23/c49-20-25-32(56)35(59)38(62)41(69-25)65-14-8-44-28(52)17-47(11-4-7-31(55)68-23-24-5-2-1-3-6-24)12-13-48(18-29(53)45-9-15-66-42-39(63)36(60)33(57)26(21-50)70-42)19-30(54)46-10-16-67-43-40(64)37(61)34(58)27(22-51)71-43/h1-3,5-6,25-27,32-43,49-51,56-64H,4,7-23H2,(H,44,52)(H,45,53)(H,46,54)/t25-,26-,27-,32-,33-,34-,35+,36+,37+,38+,39+,40+,41+,42+,43+/m1/s1. The molecule has 3 saturated heterocycles. The topological polar surface area (TPSA) is 418 Å². The summed E-state index contributed by atoms with van der Waals surface area (Å²) >= 11 is 0. The molecule has 406 valence electrons. The fourth-order valence-electron chi connectivity index (χ4n) is 7.51. The van der Waals surface area contributed by atoms with E-state index in [-0.39, 0.29) is 85.1 Å². The molecule has 3 fully saturated rings. The summed E-state index contributed by atoms with van der Waals surface area (Å²) < 4.78 is 37.6. The van der Waals surface area contributed by atoms with Crippen LogP contribution in [0.2, 0.25) is 0 Å². The maximum atomic E-state index is 13.3. The minimum absolute atomic E-state index is 0.0183. The molecule has 0 saturated carbocycles. The van der Waals surface area contributed by atoms with Gasteiger partial charge in [0.1, 0.15) is 79.9 Å². The maximum absolute atomic E-state index is 13.3. The first-order valence-electron chi connectivity index (χ1n) is 23.2. The minimum Gasteiger partial charge on any atom is -0.461 e. The van der Waals surface area contributed by atoms with Crippen LogP contribution in [-0.4, -0.2) is 285 Å². The Hall–Kier alpha value is -3.70. The molecule has 71 heavy (non-hydrogen) atoms. The molecule has 1 aromatic rings. The van der Waals surface area contributed by atoms with Crippen LogP contribution in [0.3, 0.4) is 0 Å². The number of aliphatic hydroxyl groups is 12. The number of hydrogen-bond acceptors (Lipinski definition) is 25. The summed E-state index contributed by atoms with van der Waals surface area (Å²) in [5.74, 6) is -2.23. The lowest BCUT2D eigenvalue weighted by atomic mass is 9.99. The fourth-order valence-corrected chi connectivity index (χ4v) is 7.51. The normalized spacial score (nSPS) is 31.0. The monoisotopic (exact) mass is 1030 g/mol. The van der Waals surface area contributed by atoms with Crippen LogP contribution < -0.4 is 16.0 Å². The number of nitrogens with zero attached hydrogens (tertiary/aromatic N) is 2. The lowest BCUT2D eigenvalue weighted by Gasteiger charge is -2.39. The second-order valence-corrected chi connectivity index (χ2v) is 17.0. The van der Waals surface area contributed by atoms with Crippen molar-refractivity contribution in [2.45, 2.75) is 112 Å². The quantitative estimate of drug-likeness (QED) is 0.0251. The van der Waals surface area contributed by atoms with Gasteiger partial charge in [-0.15, -0.1) is 0 Å². The first-order chi connectivity index (χ1) is 34.0. The van der Waals surface area contributed by atoms with Crippen molar-refractivity contribution in [2.75, 3.05) is 98.5 Å². The second kappa shape index (κ2) is 31.1. The van der Waals surface area contributed by atoms with Gasteiger partial charge in [0, 0.05) is 39.1 Å². The molecule has 0 aromatic heterocycles. The third kappa shape index (κ3) is 19.3. The summed E-state index contributed by atoms with van der Waals surface area (Å²) in [7, 11) is 0. The van der Waals surface area contributed by atoms with Gasteiger partial charge in [0.2, 0.25) is 17.7 Å². The van der Waals surface area contributed by atoms with Gasteiger partial charge in [0.15, 0.2) is 18.9 Å². The predicted octanol–water partition coefficient (Wildman–Crippen LogP) is -9.09. The van der Waals surface area contributed by atoms with Crippen LogP contribution in [0.5, 0.6) is 0 Å². The van der Waals surface area contributed by atoms with Crippen LogP contribution in [0.4, 0.5) is 0 Å². The molecule has 28 nitrogen and oxygen atoms in total. The Bertz CT molecular complexity index is 1670. The van der Waals surface area contributed by atoms with Gasteiger partial charge in [-0.05, 0) is 18.5 Å². The summed E-state index contributed by atoms with van der Waals surface area (Å²) in [6.45, 7) is -3.98. The van der Waals surface area contributed by atoms with E-state index in [0.717, 1.165) is 5.56 Å². The van der Waals surface area contributed by atoms with Crippen LogP contribution in [0.15, 0.2) is 30.3 Å². The highest BCUT2D eigenvalue weighted by atomic mass is 16.7.